The third-order valence-electron chi connectivity index (χ3n) is 3.90. The van der Waals surface area contributed by atoms with Gasteiger partial charge in [0, 0.05) is 16.2 Å². The number of aromatic hydroxyl groups is 1. The van der Waals surface area contributed by atoms with Gasteiger partial charge in [-0.3, -0.25) is 0 Å². The molecule has 0 saturated heterocycles. The van der Waals surface area contributed by atoms with Crippen molar-refractivity contribution in [3.8, 4) is 11.5 Å². The number of benzene rings is 3. The van der Waals surface area contributed by atoms with Crippen LogP contribution in [-0.4, -0.2) is 12.2 Å². The van der Waals surface area contributed by atoms with Crippen LogP contribution in [0, 0.1) is 0 Å². The summed E-state index contributed by atoms with van der Waals surface area (Å²) in [6.07, 6.45) is 0. The van der Waals surface area contributed by atoms with Crippen molar-refractivity contribution in [3.63, 3.8) is 0 Å². The molecule has 0 aliphatic rings. The van der Waals surface area contributed by atoms with Crippen LogP contribution in [0.3, 0.4) is 0 Å². The number of phenolic OH excluding ortho intramolecular Hbond substituents is 1. The quantitative estimate of drug-likeness (QED) is 0.329. The maximum atomic E-state index is 12.2. The molecular formula is C18H12O4. The molecule has 4 aromatic rings. The van der Waals surface area contributed by atoms with Crippen molar-refractivity contribution in [1.29, 1.82) is 0 Å². The molecule has 1 N–H and O–H groups in total. The Balaban J connectivity index is 2.32. The van der Waals surface area contributed by atoms with E-state index in [-0.39, 0.29) is 5.75 Å². The van der Waals surface area contributed by atoms with Crippen LogP contribution in [0.4, 0.5) is 0 Å². The first-order valence-corrected chi connectivity index (χ1v) is 6.84. The summed E-state index contributed by atoms with van der Waals surface area (Å²) in [5.74, 6) is 0.717. The fourth-order valence-electron chi connectivity index (χ4n) is 2.84. The summed E-state index contributed by atoms with van der Waals surface area (Å²) in [6.45, 7) is 0. The maximum absolute atomic E-state index is 12.2. The SMILES string of the molecule is COc1ccc2oc(=O)c3cc4ccccc4c(O)c3c2c1. The lowest BCUT2D eigenvalue weighted by molar-refractivity contribution is 0.415. The van der Waals surface area contributed by atoms with E-state index in [1.54, 1.807) is 31.4 Å². The third kappa shape index (κ3) is 1.67. The lowest BCUT2D eigenvalue weighted by Gasteiger charge is -2.09. The van der Waals surface area contributed by atoms with Gasteiger partial charge >= 0.3 is 5.63 Å². The Hall–Kier alpha value is -3.01. The highest BCUT2D eigenvalue weighted by molar-refractivity contribution is 6.15. The topological polar surface area (TPSA) is 59.7 Å². The van der Waals surface area contributed by atoms with Crippen LogP contribution in [0.2, 0.25) is 0 Å². The molecule has 1 heterocycles. The van der Waals surface area contributed by atoms with Crippen molar-refractivity contribution >= 4 is 32.5 Å². The summed E-state index contributed by atoms with van der Waals surface area (Å²) < 4.78 is 10.6. The van der Waals surface area contributed by atoms with Crippen LogP contribution < -0.4 is 10.4 Å². The summed E-state index contributed by atoms with van der Waals surface area (Å²) >= 11 is 0. The van der Waals surface area contributed by atoms with Crippen LogP contribution >= 0.6 is 0 Å². The molecule has 4 rings (SSSR count). The molecule has 0 atom stereocenters. The molecule has 0 spiro atoms. The van der Waals surface area contributed by atoms with E-state index in [1.165, 1.54) is 0 Å². The molecule has 0 unspecified atom stereocenters. The Morgan fingerprint density at radius 3 is 2.64 bits per heavy atom. The van der Waals surface area contributed by atoms with E-state index < -0.39 is 5.63 Å². The lowest BCUT2D eigenvalue weighted by Crippen LogP contribution is -2.00. The number of hydrogen-bond acceptors (Lipinski definition) is 4. The number of phenols is 1. The van der Waals surface area contributed by atoms with Crippen LogP contribution in [-0.2, 0) is 0 Å². The summed E-state index contributed by atoms with van der Waals surface area (Å²) in [4.78, 5) is 12.2. The normalized spacial score (nSPS) is 11.3. The number of methoxy groups -OCH3 is 1. The van der Waals surface area contributed by atoms with Crippen LogP contribution in [0.5, 0.6) is 11.5 Å². The molecule has 108 valence electrons. The minimum Gasteiger partial charge on any atom is -0.507 e. The molecule has 0 aliphatic carbocycles. The van der Waals surface area contributed by atoms with Gasteiger partial charge < -0.3 is 14.3 Å². The fourth-order valence-corrected chi connectivity index (χ4v) is 2.84. The predicted octanol–water partition coefficient (Wildman–Crippen LogP) is 3.81. The summed E-state index contributed by atoms with van der Waals surface area (Å²) in [5.41, 5.74) is -0.0439. The molecule has 4 heteroatoms. The minimum absolute atomic E-state index is 0.0826. The first-order chi connectivity index (χ1) is 10.7. The van der Waals surface area contributed by atoms with Crippen molar-refractivity contribution in [2.45, 2.75) is 0 Å². The molecule has 0 saturated carbocycles. The zero-order valence-corrected chi connectivity index (χ0v) is 11.8. The van der Waals surface area contributed by atoms with E-state index in [4.69, 9.17) is 9.15 Å². The average Bonchev–Trinajstić information content (AvgIpc) is 2.55. The average molecular weight is 292 g/mol. The standard InChI is InChI=1S/C18H12O4/c1-21-11-6-7-15-13(9-11)16-14(18(20)22-15)8-10-4-2-3-5-12(10)17(16)19/h2-9,19H,1H3. The first-order valence-electron chi connectivity index (χ1n) is 6.84. The minimum atomic E-state index is -0.464. The van der Waals surface area contributed by atoms with Gasteiger partial charge in [-0.2, -0.15) is 0 Å². The van der Waals surface area contributed by atoms with Gasteiger partial charge in [0.25, 0.3) is 0 Å². The second-order valence-electron chi connectivity index (χ2n) is 5.12. The maximum Gasteiger partial charge on any atom is 0.344 e. The summed E-state index contributed by atoms with van der Waals surface area (Å²) in [7, 11) is 1.57. The molecule has 3 aromatic carbocycles. The van der Waals surface area contributed by atoms with E-state index in [0.717, 1.165) is 5.39 Å². The summed E-state index contributed by atoms with van der Waals surface area (Å²) in [5, 5.41) is 13.7. The van der Waals surface area contributed by atoms with E-state index in [2.05, 4.69) is 0 Å². The zero-order valence-electron chi connectivity index (χ0n) is 11.8. The van der Waals surface area contributed by atoms with Crippen molar-refractivity contribution in [3.05, 3.63) is 59.0 Å². The Kier molecular flexibility index (Phi) is 2.60. The Morgan fingerprint density at radius 2 is 1.82 bits per heavy atom. The van der Waals surface area contributed by atoms with Crippen LogP contribution in [0.25, 0.3) is 32.5 Å². The van der Waals surface area contributed by atoms with Gasteiger partial charge in [-0.05, 0) is 29.7 Å². The molecule has 0 amide bonds. The van der Waals surface area contributed by atoms with Gasteiger partial charge in [-0.1, -0.05) is 24.3 Å². The first kappa shape index (κ1) is 12.7. The van der Waals surface area contributed by atoms with Crippen LogP contribution in [0.1, 0.15) is 0 Å². The second-order valence-corrected chi connectivity index (χ2v) is 5.12. The van der Waals surface area contributed by atoms with Crippen molar-refractivity contribution in [2.24, 2.45) is 0 Å². The molecular weight excluding hydrogens is 280 g/mol. The van der Waals surface area contributed by atoms with E-state index in [0.29, 0.717) is 32.9 Å². The van der Waals surface area contributed by atoms with E-state index >= 15 is 0 Å². The highest BCUT2D eigenvalue weighted by Gasteiger charge is 2.14. The van der Waals surface area contributed by atoms with Crippen LogP contribution in [0.15, 0.2) is 57.7 Å². The van der Waals surface area contributed by atoms with Gasteiger partial charge in [0.05, 0.1) is 12.5 Å². The molecule has 1 aromatic heterocycles. The molecule has 22 heavy (non-hydrogen) atoms. The van der Waals surface area contributed by atoms with Crippen molar-refractivity contribution < 1.29 is 14.3 Å². The highest BCUT2D eigenvalue weighted by atomic mass is 16.5. The molecule has 4 nitrogen and oxygen atoms in total. The Bertz CT molecular complexity index is 1090. The Morgan fingerprint density at radius 1 is 1.00 bits per heavy atom. The van der Waals surface area contributed by atoms with E-state index in [1.807, 2.05) is 24.3 Å². The largest absolute Gasteiger partial charge is 0.507 e. The van der Waals surface area contributed by atoms with Gasteiger partial charge in [0.2, 0.25) is 0 Å². The smallest absolute Gasteiger partial charge is 0.344 e. The number of fused-ring (bicyclic) bond motifs is 4. The monoisotopic (exact) mass is 292 g/mol. The highest BCUT2D eigenvalue weighted by Crippen LogP contribution is 2.37. The number of ether oxygens (including phenoxy) is 1. The number of hydrogen-bond donors (Lipinski definition) is 1. The molecule has 0 bridgehead atoms. The van der Waals surface area contributed by atoms with Gasteiger partial charge in [-0.15, -0.1) is 0 Å². The van der Waals surface area contributed by atoms with Crippen molar-refractivity contribution in [1.82, 2.24) is 0 Å². The second kappa shape index (κ2) is 4.49. The fraction of sp³-hybridized carbons (Fsp3) is 0.0556. The molecule has 0 radical (unpaired) electrons. The van der Waals surface area contributed by atoms with E-state index in [9.17, 15) is 9.90 Å². The molecule has 0 fully saturated rings. The number of rotatable bonds is 1. The molecule has 0 aliphatic heterocycles. The van der Waals surface area contributed by atoms with Gasteiger partial charge in [0.15, 0.2) is 0 Å². The van der Waals surface area contributed by atoms with Crippen molar-refractivity contribution in [2.75, 3.05) is 7.11 Å². The summed E-state index contributed by atoms with van der Waals surface area (Å²) in [6, 6.07) is 14.3. The Labute approximate surface area is 125 Å². The zero-order chi connectivity index (χ0) is 15.3. The third-order valence-corrected chi connectivity index (χ3v) is 3.90. The lowest BCUT2D eigenvalue weighted by atomic mass is 10.0. The predicted molar refractivity (Wildman–Crippen MR) is 85.7 cm³/mol. The van der Waals surface area contributed by atoms with Gasteiger partial charge in [0.1, 0.15) is 17.1 Å². The van der Waals surface area contributed by atoms with Gasteiger partial charge in [-0.25, -0.2) is 4.79 Å².